The van der Waals surface area contributed by atoms with E-state index in [0.29, 0.717) is 30.0 Å². The Morgan fingerprint density at radius 1 is 1.76 bits per heavy atom. The van der Waals surface area contributed by atoms with Gasteiger partial charge in [-0.2, -0.15) is 0 Å². The molecule has 0 saturated carbocycles. The zero-order valence-electron chi connectivity index (χ0n) is 9.46. The summed E-state index contributed by atoms with van der Waals surface area (Å²) in [5, 5.41) is 3.10. The van der Waals surface area contributed by atoms with Crippen molar-refractivity contribution in [1.29, 1.82) is 0 Å². The van der Waals surface area contributed by atoms with Crippen LogP contribution in [0.15, 0.2) is 15.6 Å². The number of hydrogen-bond acceptors (Lipinski definition) is 5. The third-order valence-corrected chi connectivity index (χ3v) is 3.61. The molecule has 1 atom stereocenters. The Hall–Kier alpha value is -0.920. The second-order valence-corrected chi connectivity index (χ2v) is 4.73. The fourth-order valence-electron chi connectivity index (χ4n) is 1.71. The first kappa shape index (κ1) is 12.5. The van der Waals surface area contributed by atoms with Crippen molar-refractivity contribution in [3.8, 4) is 0 Å². The molecular formula is C10H14BrN3O3. The van der Waals surface area contributed by atoms with Gasteiger partial charge in [0, 0.05) is 26.7 Å². The number of anilines is 1. The first-order valence-corrected chi connectivity index (χ1v) is 6.06. The van der Waals surface area contributed by atoms with Gasteiger partial charge in [-0.1, -0.05) is 0 Å². The second-order valence-electron chi connectivity index (χ2n) is 3.94. The average Bonchev–Trinajstić information content (AvgIpc) is 2.81. The van der Waals surface area contributed by atoms with Gasteiger partial charge in [0.2, 0.25) is 0 Å². The maximum atomic E-state index is 11.3. The third kappa shape index (κ3) is 2.67. The van der Waals surface area contributed by atoms with Gasteiger partial charge in [-0.05, 0) is 15.9 Å². The Morgan fingerprint density at radius 3 is 3.24 bits per heavy atom. The van der Waals surface area contributed by atoms with Crippen molar-refractivity contribution in [3.05, 3.63) is 21.2 Å². The van der Waals surface area contributed by atoms with E-state index in [2.05, 4.69) is 31.2 Å². The number of halogens is 1. The highest BCUT2D eigenvalue weighted by Gasteiger charge is 2.34. The van der Waals surface area contributed by atoms with Crippen molar-refractivity contribution in [2.45, 2.75) is 12.0 Å². The Bertz CT molecular complexity index is 443. The van der Waals surface area contributed by atoms with E-state index in [1.165, 1.54) is 6.33 Å². The average molecular weight is 304 g/mol. The first-order chi connectivity index (χ1) is 8.17. The summed E-state index contributed by atoms with van der Waals surface area (Å²) in [6.07, 6.45) is 2.19. The first-order valence-electron chi connectivity index (χ1n) is 5.27. The SMILES string of the molecule is COC1(CNc2nc[nH]c(=O)c2Br)CCOC1. The number of aromatic amines is 1. The molecule has 0 radical (unpaired) electrons. The number of methoxy groups -OCH3 is 1. The molecule has 0 spiro atoms. The smallest absolute Gasteiger partial charge is 0.267 e. The maximum Gasteiger partial charge on any atom is 0.267 e. The molecular weight excluding hydrogens is 290 g/mol. The van der Waals surface area contributed by atoms with Gasteiger partial charge in [-0.15, -0.1) is 0 Å². The van der Waals surface area contributed by atoms with Crippen molar-refractivity contribution in [1.82, 2.24) is 9.97 Å². The summed E-state index contributed by atoms with van der Waals surface area (Å²) in [5.74, 6) is 0.511. The molecule has 1 aliphatic heterocycles. The van der Waals surface area contributed by atoms with Crippen LogP contribution in [-0.2, 0) is 9.47 Å². The molecule has 0 amide bonds. The summed E-state index contributed by atoms with van der Waals surface area (Å²) in [4.78, 5) is 17.9. The number of nitrogens with zero attached hydrogens (tertiary/aromatic N) is 1. The summed E-state index contributed by atoms with van der Waals surface area (Å²) >= 11 is 3.19. The molecule has 6 nitrogen and oxygen atoms in total. The van der Waals surface area contributed by atoms with Crippen LogP contribution in [0.2, 0.25) is 0 Å². The fourth-order valence-corrected chi connectivity index (χ4v) is 2.07. The largest absolute Gasteiger partial charge is 0.378 e. The third-order valence-electron chi connectivity index (χ3n) is 2.87. The number of aromatic nitrogens is 2. The monoisotopic (exact) mass is 303 g/mol. The lowest BCUT2D eigenvalue weighted by Gasteiger charge is -2.26. The number of H-pyrrole nitrogens is 1. The molecule has 1 aromatic heterocycles. The van der Waals surface area contributed by atoms with E-state index in [9.17, 15) is 4.79 Å². The minimum absolute atomic E-state index is 0.211. The van der Waals surface area contributed by atoms with E-state index in [0.717, 1.165) is 6.42 Å². The molecule has 7 heteroatoms. The predicted molar refractivity (Wildman–Crippen MR) is 66.2 cm³/mol. The highest BCUT2D eigenvalue weighted by Crippen LogP contribution is 2.23. The summed E-state index contributed by atoms with van der Waals surface area (Å²) in [5.41, 5.74) is -0.541. The summed E-state index contributed by atoms with van der Waals surface area (Å²) < 4.78 is 11.2. The molecule has 2 N–H and O–H groups in total. The number of hydrogen-bond donors (Lipinski definition) is 2. The lowest BCUT2D eigenvalue weighted by Crippen LogP contribution is -2.40. The Balaban J connectivity index is 2.06. The molecule has 0 bridgehead atoms. The standard InChI is InChI=1S/C10H14BrN3O3/c1-16-10(2-3-17-5-10)4-12-8-7(11)9(15)14-6-13-8/h6H,2-5H2,1H3,(H2,12,13,14,15). The number of nitrogens with one attached hydrogen (secondary N) is 2. The van der Waals surface area contributed by atoms with Crippen molar-refractivity contribution in [3.63, 3.8) is 0 Å². The van der Waals surface area contributed by atoms with Crippen molar-refractivity contribution >= 4 is 21.7 Å². The van der Waals surface area contributed by atoms with Gasteiger partial charge >= 0.3 is 0 Å². The topological polar surface area (TPSA) is 76.2 Å². The van der Waals surface area contributed by atoms with Crippen LogP contribution in [0, 0.1) is 0 Å². The van der Waals surface area contributed by atoms with Crippen molar-refractivity contribution < 1.29 is 9.47 Å². The van der Waals surface area contributed by atoms with Crippen LogP contribution >= 0.6 is 15.9 Å². The minimum atomic E-state index is -0.330. The summed E-state index contributed by atoms with van der Waals surface area (Å²) in [6, 6.07) is 0. The highest BCUT2D eigenvalue weighted by atomic mass is 79.9. The molecule has 1 unspecified atom stereocenters. The molecule has 17 heavy (non-hydrogen) atoms. The van der Waals surface area contributed by atoms with Crippen LogP contribution in [0.5, 0.6) is 0 Å². The fraction of sp³-hybridized carbons (Fsp3) is 0.600. The molecule has 1 aromatic rings. The maximum absolute atomic E-state index is 11.3. The molecule has 2 rings (SSSR count). The molecule has 0 aromatic carbocycles. The molecule has 1 fully saturated rings. The molecule has 1 saturated heterocycles. The van der Waals surface area contributed by atoms with Crippen LogP contribution in [0.25, 0.3) is 0 Å². The highest BCUT2D eigenvalue weighted by molar-refractivity contribution is 9.10. The van der Waals surface area contributed by atoms with E-state index >= 15 is 0 Å². The van der Waals surface area contributed by atoms with E-state index in [1.54, 1.807) is 7.11 Å². The lowest BCUT2D eigenvalue weighted by molar-refractivity contribution is -0.00626. The normalized spacial score (nSPS) is 23.9. The summed E-state index contributed by atoms with van der Waals surface area (Å²) in [7, 11) is 1.66. The van der Waals surface area contributed by atoms with Crippen LogP contribution < -0.4 is 10.9 Å². The van der Waals surface area contributed by atoms with Gasteiger partial charge in [0.15, 0.2) is 0 Å². The van der Waals surface area contributed by atoms with Gasteiger partial charge < -0.3 is 19.8 Å². The van der Waals surface area contributed by atoms with E-state index in [4.69, 9.17) is 9.47 Å². The van der Waals surface area contributed by atoms with Gasteiger partial charge in [0.05, 0.1) is 12.9 Å². The van der Waals surface area contributed by atoms with Crippen LogP contribution in [-0.4, -0.2) is 42.4 Å². The van der Waals surface area contributed by atoms with Crippen LogP contribution in [0.4, 0.5) is 5.82 Å². The minimum Gasteiger partial charge on any atom is -0.378 e. The van der Waals surface area contributed by atoms with E-state index in [1.807, 2.05) is 0 Å². The van der Waals surface area contributed by atoms with Crippen molar-refractivity contribution in [2.75, 3.05) is 32.2 Å². The quantitative estimate of drug-likeness (QED) is 0.858. The van der Waals surface area contributed by atoms with Gasteiger partial charge in [0.25, 0.3) is 5.56 Å². The van der Waals surface area contributed by atoms with E-state index < -0.39 is 0 Å². The van der Waals surface area contributed by atoms with Crippen LogP contribution in [0.1, 0.15) is 6.42 Å². The zero-order chi connectivity index (χ0) is 12.3. The summed E-state index contributed by atoms with van der Waals surface area (Å²) in [6.45, 7) is 1.80. The molecule has 0 aliphatic carbocycles. The zero-order valence-corrected chi connectivity index (χ0v) is 11.0. The van der Waals surface area contributed by atoms with Gasteiger partial charge in [-0.3, -0.25) is 4.79 Å². The van der Waals surface area contributed by atoms with E-state index in [-0.39, 0.29) is 11.2 Å². The van der Waals surface area contributed by atoms with Crippen LogP contribution in [0.3, 0.4) is 0 Å². The predicted octanol–water partition coefficient (Wildman–Crippen LogP) is 0.750. The molecule has 94 valence electrons. The van der Waals surface area contributed by atoms with Gasteiger partial charge in [-0.25, -0.2) is 4.98 Å². The number of rotatable bonds is 4. The lowest BCUT2D eigenvalue weighted by atomic mass is 10.0. The molecule has 2 heterocycles. The van der Waals surface area contributed by atoms with Crippen molar-refractivity contribution in [2.24, 2.45) is 0 Å². The van der Waals surface area contributed by atoms with Gasteiger partial charge in [0.1, 0.15) is 15.9 Å². The number of ether oxygens (including phenoxy) is 2. The Labute approximate surface area is 107 Å². The Kier molecular flexibility index (Phi) is 3.80. The Morgan fingerprint density at radius 2 is 2.59 bits per heavy atom. The second kappa shape index (κ2) is 5.16. The molecule has 1 aliphatic rings.